The Morgan fingerprint density at radius 2 is 1.85 bits per heavy atom. The number of fused-ring (bicyclic) bond motifs is 3. The molecule has 0 aliphatic carbocycles. The van der Waals surface area contributed by atoms with E-state index < -0.39 is 0 Å². The van der Waals surface area contributed by atoms with Crippen LogP contribution < -0.4 is 10.1 Å². The van der Waals surface area contributed by atoms with Crippen molar-refractivity contribution in [2.75, 3.05) is 25.5 Å². The van der Waals surface area contributed by atoms with Crippen LogP contribution in [0.5, 0.6) is 5.75 Å². The highest BCUT2D eigenvalue weighted by atomic mass is 35.5. The van der Waals surface area contributed by atoms with Gasteiger partial charge in [-0.25, -0.2) is 0 Å². The first-order valence-corrected chi connectivity index (χ1v) is 11.3. The Kier molecular flexibility index (Phi) is 5.68. The lowest BCUT2D eigenvalue weighted by molar-refractivity contribution is -0.121. The molecule has 1 aromatic heterocycles. The van der Waals surface area contributed by atoms with Crippen molar-refractivity contribution in [3.05, 3.63) is 71.2 Å². The molecule has 0 bridgehead atoms. The first-order chi connectivity index (χ1) is 16.0. The second kappa shape index (κ2) is 8.79. The zero-order valence-electron chi connectivity index (χ0n) is 18.1. The van der Waals surface area contributed by atoms with Crippen LogP contribution in [0.1, 0.15) is 23.2 Å². The summed E-state index contributed by atoms with van der Waals surface area (Å²) in [5, 5.41) is 5.50. The number of hydrogen-bond donors (Lipinski definition) is 1. The van der Waals surface area contributed by atoms with Gasteiger partial charge in [0, 0.05) is 40.5 Å². The lowest BCUT2D eigenvalue weighted by atomic mass is 9.96. The number of para-hydroxylation sites is 1. The summed E-state index contributed by atoms with van der Waals surface area (Å²) in [4.78, 5) is 27.8. The van der Waals surface area contributed by atoms with E-state index in [9.17, 15) is 9.59 Å². The average Bonchev–Trinajstić information content (AvgIpc) is 3.21. The van der Waals surface area contributed by atoms with E-state index in [1.165, 1.54) is 0 Å². The van der Waals surface area contributed by atoms with Crippen LogP contribution in [0.3, 0.4) is 0 Å². The van der Waals surface area contributed by atoms with Gasteiger partial charge in [-0.05, 0) is 49.2 Å². The maximum Gasteiger partial charge on any atom is 0.253 e. The van der Waals surface area contributed by atoms with Gasteiger partial charge in [0.05, 0.1) is 18.7 Å². The quantitative estimate of drug-likeness (QED) is 0.420. The van der Waals surface area contributed by atoms with Crippen molar-refractivity contribution < 1.29 is 18.7 Å². The molecule has 0 saturated carbocycles. The number of likely N-dealkylation sites (tertiary alicyclic amines) is 1. The van der Waals surface area contributed by atoms with Gasteiger partial charge >= 0.3 is 0 Å². The zero-order chi connectivity index (χ0) is 22.9. The number of hydrogen-bond acceptors (Lipinski definition) is 4. The summed E-state index contributed by atoms with van der Waals surface area (Å²) >= 11 is 5.93. The number of halogens is 1. The highest BCUT2D eigenvalue weighted by Gasteiger charge is 2.29. The highest BCUT2D eigenvalue weighted by Crippen LogP contribution is 2.36. The maximum absolute atomic E-state index is 13.1. The van der Waals surface area contributed by atoms with Crippen molar-refractivity contribution in [1.82, 2.24) is 4.90 Å². The molecular weight excluding hydrogens is 440 g/mol. The highest BCUT2D eigenvalue weighted by molar-refractivity contribution is 6.30. The predicted octanol–water partition coefficient (Wildman–Crippen LogP) is 5.74. The molecule has 33 heavy (non-hydrogen) atoms. The van der Waals surface area contributed by atoms with Gasteiger partial charge in [0.25, 0.3) is 5.91 Å². The molecule has 0 spiro atoms. The summed E-state index contributed by atoms with van der Waals surface area (Å²) in [6.45, 7) is 0.988. The van der Waals surface area contributed by atoms with Crippen molar-refractivity contribution >= 4 is 51.0 Å². The SMILES string of the molecule is COc1cc2c(cc1NC(=O)C1CCCN(C(=O)c3ccc(Cl)cc3)C1)oc1ccccc12. The topological polar surface area (TPSA) is 71.8 Å². The van der Waals surface area contributed by atoms with Crippen molar-refractivity contribution in [3.8, 4) is 5.75 Å². The Balaban J connectivity index is 1.35. The van der Waals surface area contributed by atoms with Gasteiger partial charge in [-0.15, -0.1) is 0 Å². The van der Waals surface area contributed by atoms with E-state index in [-0.39, 0.29) is 17.7 Å². The van der Waals surface area contributed by atoms with Crippen LogP contribution in [0.15, 0.2) is 65.1 Å². The molecule has 1 saturated heterocycles. The molecule has 1 aliphatic heterocycles. The van der Waals surface area contributed by atoms with Crippen LogP contribution >= 0.6 is 11.6 Å². The Hall–Kier alpha value is -3.51. The summed E-state index contributed by atoms with van der Waals surface area (Å²) in [5.74, 6) is 0.0150. The van der Waals surface area contributed by atoms with Gasteiger partial charge < -0.3 is 19.4 Å². The fraction of sp³-hybridized carbons (Fsp3) is 0.231. The number of nitrogens with zero attached hydrogens (tertiary/aromatic N) is 1. The molecule has 1 fully saturated rings. The van der Waals surface area contributed by atoms with Crippen molar-refractivity contribution in [2.45, 2.75) is 12.8 Å². The monoisotopic (exact) mass is 462 g/mol. The van der Waals surface area contributed by atoms with E-state index in [2.05, 4.69) is 5.32 Å². The van der Waals surface area contributed by atoms with Crippen molar-refractivity contribution in [1.29, 1.82) is 0 Å². The number of carbonyl (C=O) groups excluding carboxylic acids is 2. The minimum absolute atomic E-state index is 0.0922. The van der Waals surface area contributed by atoms with E-state index >= 15 is 0 Å². The zero-order valence-corrected chi connectivity index (χ0v) is 18.9. The second-order valence-corrected chi connectivity index (χ2v) is 8.67. The van der Waals surface area contributed by atoms with Crippen molar-refractivity contribution in [3.63, 3.8) is 0 Å². The van der Waals surface area contributed by atoms with Crippen LogP contribution in [-0.4, -0.2) is 36.9 Å². The molecule has 2 heterocycles. The van der Waals surface area contributed by atoms with Gasteiger partial charge in [-0.3, -0.25) is 9.59 Å². The maximum atomic E-state index is 13.1. The molecule has 4 aromatic rings. The number of rotatable bonds is 4. The van der Waals surface area contributed by atoms with E-state index in [0.717, 1.165) is 22.8 Å². The molecular formula is C26H23ClN2O4. The van der Waals surface area contributed by atoms with Gasteiger partial charge in [0.15, 0.2) is 0 Å². The average molecular weight is 463 g/mol. The van der Waals surface area contributed by atoms with Gasteiger partial charge in [0.2, 0.25) is 5.91 Å². The largest absolute Gasteiger partial charge is 0.495 e. The lowest BCUT2D eigenvalue weighted by Crippen LogP contribution is -2.43. The number of amides is 2. The second-order valence-electron chi connectivity index (χ2n) is 8.23. The fourth-order valence-corrected chi connectivity index (χ4v) is 4.53. The lowest BCUT2D eigenvalue weighted by Gasteiger charge is -2.32. The van der Waals surface area contributed by atoms with Gasteiger partial charge in [-0.1, -0.05) is 29.8 Å². The summed E-state index contributed by atoms with van der Waals surface area (Å²) in [6.07, 6.45) is 1.47. The first kappa shape index (κ1) is 21.3. The number of ether oxygens (including phenoxy) is 1. The Morgan fingerprint density at radius 3 is 2.64 bits per heavy atom. The van der Waals surface area contributed by atoms with Crippen LogP contribution in [0, 0.1) is 5.92 Å². The molecule has 2 amide bonds. The number of piperidine rings is 1. The Labute approximate surface area is 196 Å². The normalized spacial score (nSPS) is 16.2. The smallest absolute Gasteiger partial charge is 0.253 e. The van der Waals surface area contributed by atoms with Gasteiger partial charge in [-0.2, -0.15) is 0 Å². The summed E-state index contributed by atoms with van der Waals surface area (Å²) in [7, 11) is 1.58. The number of carbonyl (C=O) groups is 2. The first-order valence-electron chi connectivity index (χ1n) is 10.9. The predicted molar refractivity (Wildman–Crippen MR) is 129 cm³/mol. The minimum atomic E-state index is -0.314. The standard InChI is InChI=1S/C26H23ClN2O4/c1-32-24-13-20-19-6-2-3-7-22(19)33-23(20)14-21(24)28-25(30)17-5-4-12-29(15-17)26(31)16-8-10-18(27)11-9-16/h2-3,6-11,13-14,17H,4-5,12,15H2,1H3,(H,28,30). The molecule has 7 heteroatoms. The Bertz CT molecular complexity index is 1350. The summed E-state index contributed by atoms with van der Waals surface area (Å²) < 4.78 is 11.5. The third-order valence-corrected chi connectivity index (χ3v) is 6.38. The third kappa shape index (κ3) is 4.14. The van der Waals surface area contributed by atoms with E-state index in [4.69, 9.17) is 20.8 Å². The van der Waals surface area contributed by atoms with Crippen LogP contribution in [0.2, 0.25) is 5.02 Å². The van der Waals surface area contributed by atoms with E-state index in [1.54, 1.807) is 42.3 Å². The molecule has 168 valence electrons. The third-order valence-electron chi connectivity index (χ3n) is 6.13. The molecule has 1 N–H and O–H groups in total. The molecule has 1 aliphatic rings. The molecule has 6 nitrogen and oxygen atoms in total. The number of anilines is 1. The van der Waals surface area contributed by atoms with Gasteiger partial charge in [0.1, 0.15) is 16.9 Å². The fourth-order valence-electron chi connectivity index (χ4n) is 4.40. The number of methoxy groups -OCH3 is 1. The Morgan fingerprint density at radius 1 is 1.06 bits per heavy atom. The molecule has 1 atom stereocenters. The number of furan rings is 1. The molecule has 1 unspecified atom stereocenters. The van der Waals surface area contributed by atoms with Crippen LogP contribution in [-0.2, 0) is 4.79 Å². The minimum Gasteiger partial charge on any atom is -0.495 e. The van der Waals surface area contributed by atoms with E-state index in [0.29, 0.717) is 47.1 Å². The summed E-state index contributed by atoms with van der Waals surface area (Å²) in [6, 6.07) is 18.3. The number of nitrogens with one attached hydrogen (secondary N) is 1. The van der Waals surface area contributed by atoms with E-state index in [1.807, 2.05) is 30.3 Å². The van der Waals surface area contributed by atoms with Crippen LogP contribution in [0.4, 0.5) is 5.69 Å². The molecule has 3 aromatic carbocycles. The molecule has 5 rings (SSSR count). The number of benzene rings is 3. The van der Waals surface area contributed by atoms with Crippen molar-refractivity contribution in [2.24, 2.45) is 5.92 Å². The van der Waals surface area contributed by atoms with Crippen LogP contribution in [0.25, 0.3) is 21.9 Å². The summed E-state index contributed by atoms with van der Waals surface area (Å²) in [5.41, 5.74) is 2.57. The molecule has 0 radical (unpaired) electrons.